The molecule has 6 nitrogen and oxygen atoms in total. The average molecular weight is 346 g/mol. The maximum Gasteiger partial charge on any atom is 0.342 e. The molecule has 0 aromatic heterocycles. The summed E-state index contributed by atoms with van der Waals surface area (Å²) in [4.78, 5) is 12.4. The average Bonchev–Trinajstić information content (AvgIpc) is 2.67. The zero-order valence-corrected chi connectivity index (χ0v) is 14.8. The molecule has 0 aliphatic carbocycles. The molecule has 2 aromatic carbocycles. The fourth-order valence-electron chi connectivity index (χ4n) is 2.32. The Bertz CT molecular complexity index is 709. The number of ether oxygens (including phenoxy) is 5. The first-order chi connectivity index (χ1) is 12.1. The van der Waals surface area contributed by atoms with Crippen molar-refractivity contribution in [1.82, 2.24) is 0 Å². The van der Waals surface area contributed by atoms with Crippen LogP contribution in [-0.4, -0.2) is 41.0 Å². The minimum atomic E-state index is -0.480. The number of hydrogen-bond donors (Lipinski definition) is 0. The van der Waals surface area contributed by atoms with Crippen LogP contribution in [0.1, 0.15) is 15.9 Å². The molecule has 0 amide bonds. The van der Waals surface area contributed by atoms with Crippen molar-refractivity contribution in [1.29, 1.82) is 0 Å². The van der Waals surface area contributed by atoms with Crippen LogP contribution < -0.4 is 18.9 Å². The number of esters is 1. The van der Waals surface area contributed by atoms with Crippen LogP contribution in [0.2, 0.25) is 0 Å². The Morgan fingerprint density at radius 2 is 1.40 bits per heavy atom. The highest BCUT2D eigenvalue weighted by molar-refractivity contribution is 5.93. The molecule has 2 aromatic rings. The van der Waals surface area contributed by atoms with Gasteiger partial charge in [-0.1, -0.05) is 12.1 Å². The summed E-state index contributed by atoms with van der Waals surface area (Å²) < 4.78 is 26.1. The molecule has 0 saturated heterocycles. The lowest BCUT2D eigenvalue weighted by atomic mass is 10.1. The maximum atomic E-state index is 12.4. The van der Waals surface area contributed by atoms with Crippen molar-refractivity contribution < 1.29 is 28.5 Å². The summed E-state index contributed by atoms with van der Waals surface area (Å²) in [6, 6.07) is 10.8. The van der Waals surface area contributed by atoms with E-state index >= 15 is 0 Å². The Labute approximate surface area is 147 Å². The molecule has 0 unspecified atom stereocenters. The van der Waals surface area contributed by atoms with Gasteiger partial charge in [0.15, 0.2) is 11.5 Å². The molecule has 0 heterocycles. The van der Waals surface area contributed by atoms with Crippen molar-refractivity contribution in [3.05, 3.63) is 47.5 Å². The minimum Gasteiger partial charge on any atom is -0.497 e. The van der Waals surface area contributed by atoms with E-state index in [1.807, 2.05) is 24.3 Å². The topological polar surface area (TPSA) is 63.2 Å². The summed E-state index contributed by atoms with van der Waals surface area (Å²) in [6.07, 6.45) is 0.603. The normalized spacial score (nSPS) is 10.1. The quantitative estimate of drug-likeness (QED) is 0.685. The van der Waals surface area contributed by atoms with E-state index in [9.17, 15) is 4.79 Å². The molecule has 0 aliphatic heterocycles. The molecule has 2 rings (SSSR count). The van der Waals surface area contributed by atoms with E-state index in [4.69, 9.17) is 23.7 Å². The van der Waals surface area contributed by atoms with Gasteiger partial charge in [0.2, 0.25) is 0 Å². The van der Waals surface area contributed by atoms with Gasteiger partial charge in [0.05, 0.1) is 35.0 Å². The van der Waals surface area contributed by atoms with Gasteiger partial charge < -0.3 is 23.7 Å². The Balaban J connectivity index is 2.04. The Kier molecular flexibility index (Phi) is 6.51. The molecule has 0 spiro atoms. The van der Waals surface area contributed by atoms with Crippen LogP contribution in [0, 0.1) is 0 Å². The molecule has 0 radical (unpaired) electrons. The van der Waals surface area contributed by atoms with Gasteiger partial charge in [-0.15, -0.1) is 0 Å². The van der Waals surface area contributed by atoms with Crippen LogP contribution in [0.5, 0.6) is 23.0 Å². The van der Waals surface area contributed by atoms with Crippen molar-refractivity contribution in [3.63, 3.8) is 0 Å². The summed E-state index contributed by atoms with van der Waals surface area (Å²) in [5, 5.41) is 0. The van der Waals surface area contributed by atoms with E-state index < -0.39 is 5.97 Å². The zero-order valence-electron chi connectivity index (χ0n) is 14.8. The summed E-state index contributed by atoms with van der Waals surface area (Å²) in [6.45, 7) is 0.253. The van der Waals surface area contributed by atoms with Gasteiger partial charge in [-0.3, -0.25) is 0 Å². The van der Waals surface area contributed by atoms with Crippen LogP contribution in [0.3, 0.4) is 0 Å². The number of methoxy groups -OCH3 is 4. The van der Waals surface area contributed by atoms with Crippen LogP contribution in [0.4, 0.5) is 0 Å². The van der Waals surface area contributed by atoms with E-state index in [2.05, 4.69) is 0 Å². The van der Waals surface area contributed by atoms with E-state index in [1.54, 1.807) is 19.2 Å². The molecule has 0 saturated carbocycles. The number of carbonyl (C=O) groups is 1. The number of rotatable bonds is 8. The van der Waals surface area contributed by atoms with E-state index in [0.717, 1.165) is 11.3 Å². The summed E-state index contributed by atoms with van der Waals surface area (Å²) in [5.41, 5.74) is 1.34. The summed E-state index contributed by atoms with van der Waals surface area (Å²) >= 11 is 0. The van der Waals surface area contributed by atoms with Crippen LogP contribution in [0.25, 0.3) is 0 Å². The predicted octanol–water partition coefficient (Wildman–Crippen LogP) is 3.12. The summed E-state index contributed by atoms with van der Waals surface area (Å²) in [7, 11) is 6.12. The van der Waals surface area contributed by atoms with Gasteiger partial charge >= 0.3 is 5.97 Å². The molecular formula is C19H22O6. The highest BCUT2D eigenvalue weighted by atomic mass is 16.5. The monoisotopic (exact) mass is 346 g/mol. The Hall–Kier alpha value is -2.89. The SMILES string of the molecule is COc1ccc(CCOC(=O)c2cc(OC)c(OC)cc2OC)cc1. The van der Waals surface area contributed by atoms with E-state index in [1.165, 1.54) is 21.3 Å². The number of hydrogen-bond acceptors (Lipinski definition) is 6. The molecule has 0 aliphatic rings. The molecule has 0 fully saturated rings. The van der Waals surface area contributed by atoms with Crippen molar-refractivity contribution in [3.8, 4) is 23.0 Å². The zero-order chi connectivity index (χ0) is 18.2. The first kappa shape index (κ1) is 18.4. The molecule has 134 valence electrons. The van der Waals surface area contributed by atoms with E-state index in [-0.39, 0.29) is 12.2 Å². The van der Waals surface area contributed by atoms with Gasteiger partial charge in [0.1, 0.15) is 17.1 Å². The van der Waals surface area contributed by atoms with Crippen molar-refractivity contribution in [2.75, 3.05) is 35.0 Å². The fourth-order valence-corrected chi connectivity index (χ4v) is 2.32. The highest BCUT2D eigenvalue weighted by Crippen LogP contribution is 2.34. The largest absolute Gasteiger partial charge is 0.497 e. The first-order valence-corrected chi connectivity index (χ1v) is 7.73. The van der Waals surface area contributed by atoms with Crippen molar-refractivity contribution in [2.45, 2.75) is 6.42 Å². The second kappa shape index (κ2) is 8.82. The minimum absolute atomic E-state index is 0.253. The second-order valence-electron chi connectivity index (χ2n) is 5.14. The third-order valence-electron chi connectivity index (χ3n) is 3.71. The molecular weight excluding hydrogens is 324 g/mol. The number of carbonyl (C=O) groups excluding carboxylic acids is 1. The van der Waals surface area contributed by atoms with Crippen LogP contribution in [0.15, 0.2) is 36.4 Å². The maximum absolute atomic E-state index is 12.4. The Morgan fingerprint density at radius 3 is 1.96 bits per heavy atom. The van der Waals surface area contributed by atoms with Gasteiger partial charge in [-0.2, -0.15) is 0 Å². The molecule has 6 heteroatoms. The third kappa shape index (κ3) is 4.56. The smallest absolute Gasteiger partial charge is 0.342 e. The first-order valence-electron chi connectivity index (χ1n) is 7.73. The van der Waals surface area contributed by atoms with Crippen LogP contribution in [-0.2, 0) is 11.2 Å². The predicted molar refractivity (Wildman–Crippen MR) is 93.1 cm³/mol. The number of benzene rings is 2. The molecule has 0 atom stereocenters. The van der Waals surface area contributed by atoms with Gasteiger partial charge in [0.25, 0.3) is 0 Å². The summed E-state index contributed by atoms with van der Waals surface area (Å²) in [5.74, 6) is 1.59. The third-order valence-corrected chi connectivity index (χ3v) is 3.71. The standard InChI is InChI=1S/C19H22O6/c1-21-14-7-5-13(6-8-14)9-10-25-19(20)15-11-17(23-3)18(24-4)12-16(15)22-2/h5-8,11-12H,9-10H2,1-4H3. The van der Waals surface area contributed by atoms with E-state index in [0.29, 0.717) is 23.7 Å². The van der Waals surface area contributed by atoms with Crippen molar-refractivity contribution in [2.24, 2.45) is 0 Å². The molecule has 0 bridgehead atoms. The van der Waals surface area contributed by atoms with Crippen molar-refractivity contribution >= 4 is 5.97 Å². The van der Waals surface area contributed by atoms with Gasteiger partial charge in [0, 0.05) is 18.6 Å². The molecule has 25 heavy (non-hydrogen) atoms. The van der Waals surface area contributed by atoms with Gasteiger partial charge in [-0.05, 0) is 17.7 Å². The fraction of sp³-hybridized carbons (Fsp3) is 0.316. The molecule has 0 N–H and O–H groups in total. The van der Waals surface area contributed by atoms with Crippen LogP contribution >= 0.6 is 0 Å². The lowest BCUT2D eigenvalue weighted by Crippen LogP contribution is -2.10. The lowest BCUT2D eigenvalue weighted by molar-refractivity contribution is 0.0505. The lowest BCUT2D eigenvalue weighted by Gasteiger charge is -2.13. The van der Waals surface area contributed by atoms with Gasteiger partial charge in [-0.25, -0.2) is 4.79 Å². The highest BCUT2D eigenvalue weighted by Gasteiger charge is 2.18. The second-order valence-corrected chi connectivity index (χ2v) is 5.14. The Morgan fingerprint density at radius 1 is 0.800 bits per heavy atom.